The predicted molar refractivity (Wildman–Crippen MR) is 102 cm³/mol. The SMILES string of the molecule is CCN(CC(=O)O)C1CC(NC(=O)N2CCCC2c2ccccc2OC)C1. The normalized spacial score (nSPS) is 24.6. The fraction of sp³-hybridized carbons (Fsp3) is 0.600. The van der Waals surface area contributed by atoms with Gasteiger partial charge >= 0.3 is 12.0 Å². The van der Waals surface area contributed by atoms with Crippen molar-refractivity contribution >= 4 is 12.0 Å². The summed E-state index contributed by atoms with van der Waals surface area (Å²) in [5.74, 6) is 0.0132. The van der Waals surface area contributed by atoms with Gasteiger partial charge < -0.3 is 20.1 Å². The fourth-order valence-corrected chi connectivity index (χ4v) is 4.21. The summed E-state index contributed by atoms with van der Waals surface area (Å²) in [6.45, 7) is 3.48. The molecule has 0 bridgehead atoms. The lowest BCUT2D eigenvalue weighted by Crippen LogP contribution is -2.56. The van der Waals surface area contributed by atoms with Crippen molar-refractivity contribution in [1.82, 2.24) is 15.1 Å². The summed E-state index contributed by atoms with van der Waals surface area (Å²) >= 11 is 0. The molecule has 2 amide bonds. The van der Waals surface area contributed by atoms with Crippen LogP contribution in [0.15, 0.2) is 24.3 Å². The predicted octanol–water partition coefficient (Wildman–Crippen LogP) is 2.48. The van der Waals surface area contributed by atoms with E-state index in [9.17, 15) is 9.59 Å². The van der Waals surface area contributed by atoms with Gasteiger partial charge in [-0.2, -0.15) is 0 Å². The number of amides is 2. The van der Waals surface area contributed by atoms with Gasteiger partial charge in [-0.1, -0.05) is 25.1 Å². The molecule has 1 aromatic carbocycles. The molecule has 7 heteroatoms. The first-order chi connectivity index (χ1) is 13.0. The van der Waals surface area contributed by atoms with Crippen molar-refractivity contribution < 1.29 is 19.4 Å². The molecule has 0 aromatic heterocycles. The van der Waals surface area contributed by atoms with Crippen molar-refractivity contribution in [1.29, 1.82) is 0 Å². The number of carbonyl (C=O) groups excluding carboxylic acids is 1. The molecule has 1 heterocycles. The number of carboxylic acid groups (broad SMARTS) is 1. The van der Waals surface area contributed by atoms with E-state index < -0.39 is 5.97 Å². The maximum Gasteiger partial charge on any atom is 0.318 e. The minimum absolute atomic E-state index is 0.0341. The number of methoxy groups -OCH3 is 1. The number of likely N-dealkylation sites (N-methyl/N-ethyl adjacent to an activating group) is 1. The zero-order chi connectivity index (χ0) is 19.4. The lowest BCUT2D eigenvalue weighted by atomic mass is 9.85. The van der Waals surface area contributed by atoms with E-state index in [2.05, 4.69) is 5.32 Å². The fourth-order valence-electron chi connectivity index (χ4n) is 4.21. The number of aliphatic carboxylic acids is 1. The van der Waals surface area contributed by atoms with Crippen LogP contribution >= 0.6 is 0 Å². The molecule has 1 saturated carbocycles. The van der Waals surface area contributed by atoms with E-state index in [1.807, 2.05) is 41.0 Å². The Kier molecular flexibility index (Phi) is 6.21. The monoisotopic (exact) mass is 375 g/mol. The Hall–Kier alpha value is -2.28. The van der Waals surface area contributed by atoms with Crippen molar-refractivity contribution in [3.8, 4) is 5.75 Å². The van der Waals surface area contributed by atoms with Crippen LogP contribution in [0.1, 0.15) is 44.2 Å². The second kappa shape index (κ2) is 8.61. The van der Waals surface area contributed by atoms with Crippen molar-refractivity contribution in [3.05, 3.63) is 29.8 Å². The molecule has 2 aliphatic rings. The highest BCUT2D eigenvalue weighted by atomic mass is 16.5. The lowest BCUT2D eigenvalue weighted by Gasteiger charge is -2.43. The van der Waals surface area contributed by atoms with Gasteiger partial charge in [0.15, 0.2) is 0 Å². The number of urea groups is 1. The molecule has 0 spiro atoms. The van der Waals surface area contributed by atoms with Crippen LogP contribution in [-0.2, 0) is 4.79 Å². The van der Waals surface area contributed by atoms with E-state index in [-0.39, 0.29) is 30.7 Å². The average Bonchev–Trinajstić information content (AvgIpc) is 3.12. The summed E-state index contributed by atoms with van der Waals surface area (Å²) in [7, 11) is 1.66. The summed E-state index contributed by atoms with van der Waals surface area (Å²) < 4.78 is 5.47. The lowest BCUT2D eigenvalue weighted by molar-refractivity contribution is -0.139. The quantitative estimate of drug-likeness (QED) is 0.765. The van der Waals surface area contributed by atoms with E-state index in [1.165, 1.54) is 0 Å². The number of likely N-dealkylation sites (tertiary alicyclic amines) is 1. The van der Waals surface area contributed by atoms with Crippen LogP contribution in [0.5, 0.6) is 5.75 Å². The number of nitrogens with one attached hydrogen (secondary N) is 1. The van der Waals surface area contributed by atoms with Gasteiger partial charge in [0.2, 0.25) is 0 Å². The summed E-state index contributed by atoms with van der Waals surface area (Å²) in [5.41, 5.74) is 1.05. The summed E-state index contributed by atoms with van der Waals surface area (Å²) in [6.07, 6.45) is 3.52. The smallest absolute Gasteiger partial charge is 0.318 e. The molecule has 1 atom stereocenters. The first-order valence-corrected chi connectivity index (χ1v) is 9.69. The molecule has 1 unspecified atom stereocenters. The van der Waals surface area contributed by atoms with Crippen LogP contribution in [0.2, 0.25) is 0 Å². The Balaban J connectivity index is 1.56. The molecule has 7 nitrogen and oxygen atoms in total. The molecule has 3 rings (SSSR count). The van der Waals surface area contributed by atoms with Crippen LogP contribution in [0, 0.1) is 0 Å². The van der Waals surface area contributed by atoms with Crippen LogP contribution < -0.4 is 10.1 Å². The van der Waals surface area contributed by atoms with E-state index in [0.717, 1.165) is 43.5 Å². The number of benzene rings is 1. The van der Waals surface area contributed by atoms with Gasteiger partial charge in [-0.15, -0.1) is 0 Å². The standard InChI is InChI=1S/C20H29N3O4/c1-3-22(13-19(24)25)15-11-14(12-15)21-20(26)23-10-6-8-17(23)16-7-4-5-9-18(16)27-2/h4-5,7,9,14-15,17H,3,6,8,10-13H2,1-2H3,(H,21,26)(H,24,25). The molecular formula is C20H29N3O4. The molecule has 1 aliphatic carbocycles. The van der Waals surface area contributed by atoms with E-state index in [1.54, 1.807) is 7.11 Å². The Morgan fingerprint density at radius 2 is 2.07 bits per heavy atom. The number of carboxylic acids is 1. The Bertz CT molecular complexity index is 675. The zero-order valence-corrected chi connectivity index (χ0v) is 16.1. The highest BCUT2D eigenvalue weighted by Crippen LogP contribution is 2.37. The van der Waals surface area contributed by atoms with Gasteiger partial charge in [0.1, 0.15) is 5.75 Å². The summed E-state index contributed by atoms with van der Waals surface area (Å²) in [6, 6.07) is 8.23. The highest BCUT2D eigenvalue weighted by molar-refractivity contribution is 5.76. The molecule has 2 N–H and O–H groups in total. The number of rotatable bonds is 7. The molecule has 27 heavy (non-hydrogen) atoms. The molecule has 148 valence electrons. The number of para-hydroxylation sites is 1. The van der Waals surface area contributed by atoms with Crippen molar-refractivity contribution in [2.45, 2.75) is 50.7 Å². The van der Waals surface area contributed by atoms with E-state index in [4.69, 9.17) is 9.84 Å². The van der Waals surface area contributed by atoms with E-state index in [0.29, 0.717) is 6.54 Å². The third-order valence-corrected chi connectivity index (χ3v) is 5.71. The van der Waals surface area contributed by atoms with Gasteiger partial charge in [-0.25, -0.2) is 4.79 Å². The topological polar surface area (TPSA) is 82.1 Å². The van der Waals surface area contributed by atoms with E-state index >= 15 is 0 Å². The van der Waals surface area contributed by atoms with Crippen molar-refractivity contribution in [3.63, 3.8) is 0 Å². The number of nitrogens with zero attached hydrogens (tertiary/aromatic N) is 2. The Morgan fingerprint density at radius 3 is 2.74 bits per heavy atom. The van der Waals surface area contributed by atoms with Gasteiger partial charge in [-0.05, 0) is 38.3 Å². The van der Waals surface area contributed by atoms with Crippen LogP contribution in [0.25, 0.3) is 0 Å². The molecule has 2 fully saturated rings. The largest absolute Gasteiger partial charge is 0.496 e. The number of hydrogen-bond donors (Lipinski definition) is 2. The maximum absolute atomic E-state index is 12.8. The summed E-state index contributed by atoms with van der Waals surface area (Å²) in [4.78, 5) is 27.6. The van der Waals surface area contributed by atoms with Crippen molar-refractivity contribution in [2.75, 3.05) is 26.7 Å². The minimum atomic E-state index is -0.805. The third kappa shape index (κ3) is 4.35. The van der Waals surface area contributed by atoms with Crippen LogP contribution in [0.4, 0.5) is 4.79 Å². The maximum atomic E-state index is 12.8. The minimum Gasteiger partial charge on any atom is -0.496 e. The Morgan fingerprint density at radius 1 is 1.33 bits per heavy atom. The van der Waals surface area contributed by atoms with Crippen LogP contribution in [-0.4, -0.2) is 65.7 Å². The first-order valence-electron chi connectivity index (χ1n) is 9.69. The summed E-state index contributed by atoms with van der Waals surface area (Å²) in [5, 5.41) is 12.1. The molecule has 1 saturated heterocycles. The molecular weight excluding hydrogens is 346 g/mol. The molecule has 0 radical (unpaired) electrons. The average molecular weight is 375 g/mol. The van der Waals surface area contributed by atoms with Gasteiger partial charge in [0.25, 0.3) is 0 Å². The second-order valence-electron chi connectivity index (χ2n) is 7.32. The van der Waals surface area contributed by atoms with Crippen molar-refractivity contribution in [2.24, 2.45) is 0 Å². The second-order valence-corrected chi connectivity index (χ2v) is 7.32. The van der Waals surface area contributed by atoms with Gasteiger partial charge in [-0.3, -0.25) is 9.69 Å². The molecule has 1 aliphatic heterocycles. The Labute approximate surface area is 160 Å². The molecule has 1 aromatic rings. The number of carbonyl (C=O) groups is 2. The first kappa shape index (κ1) is 19.5. The van der Waals surface area contributed by atoms with Gasteiger partial charge in [0, 0.05) is 24.2 Å². The zero-order valence-electron chi connectivity index (χ0n) is 16.1. The van der Waals surface area contributed by atoms with Crippen LogP contribution in [0.3, 0.4) is 0 Å². The van der Waals surface area contributed by atoms with Gasteiger partial charge in [0.05, 0.1) is 19.7 Å². The third-order valence-electron chi connectivity index (χ3n) is 5.71. The number of ether oxygens (including phenoxy) is 1. The number of hydrogen-bond acceptors (Lipinski definition) is 4. The highest BCUT2D eigenvalue weighted by Gasteiger charge is 2.37.